The fourth-order valence-corrected chi connectivity index (χ4v) is 1.21. The minimum absolute atomic E-state index is 0.209. The van der Waals surface area contributed by atoms with Gasteiger partial charge in [0.15, 0.2) is 11.5 Å². The highest BCUT2D eigenvalue weighted by Gasteiger charge is 2.02. The quantitative estimate of drug-likeness (QED) is 0.581. The summed E-state index contributed by atoms with van der Waals surface area (Å²) in [4.78, 5) is 4.03. The molecule has 0 N–H and O–H groups in total. The second kappa shape index (κ2) is 3.32. The van der Waals surface area contributed by atoms with Crippen LogP contribution < -0.4 is 14.7 Å². The second-order valence-electron chi connectivity index (χ2n) is 2.77. The summed E-state index contributed by atoms with van der Waals surface area (Å²) in [5.74, 6) is 0.735. The standard InChI is InChI=1S/C8H6BNO4/c1-5-10-7-4-6(14-9(11)12)2-3-8(7)13-5/h2-4H,1H3/q-2. The van der Waals surface area contributed by atoms with Crippen LogP contribution in [0.15, 0.2) is 22.6 Å². The van der Waals surface area contributed by atoms with Crippen molar-refractivity contribution in [2.45, 2.75) is 6.92 Å². The van der Waals surface area contributed by atoms with Crippen LogP contribution in [0.3, 0.4) is 0 Å². The van der Waals surface area contributed by atoms with E-state index < -0.39 is 7.32 Å². The average molecular weight is 191 g/mol. The molecule has 0 bridgehead atoms. The van der Waals surface area contributed by atoms with Crippen LogP contribution in [-0.4, -0.2) is 12.3 Å². The smallest absolute Gasteiger partial charge is 0.192 e. The van der Waals surface area contributed by atoms with Gasteiger partial charge in [0.2, 0.25) is 0 Å². The summed E-state index contributed by atoms with van der Waals surface area (Å²) < 4.78 is 9.64. The van der Waals surface area contributed by atoms with Crippen LogP contribution in [0.1, 0.15) is 5.89 Å². The van der Waals surface area contributed by atoms with Gasteiger partial charge < -0.3 is 19.1 Å². The molecule has 5 nitrogen and oxygen atoms in total. The summed E-state index contributed by atoms with van der Waals surface area (Å²) in [6.45, 7) is 1.71. The normalized spacial score (nSPS) is 10.5. The van der Waals surface area contributed by atoms with Crippen molar-refractivity contribution >= 4 is 18.4 Å². The molecule has 0 aliphatic heterocycles. The van der Waals surface area contributed by atoms with Gasteiger partial charge in [-0.05, 0) is 12.1 Å². The van der Waals surface area contributed by atoms with Gasteiger partial charge in [-0.2, -0.15) is 0 Å². The molecule has 0 saturated carbocycles. The third-order valence-corrected chi connectivity index (χ3v) is 1.70. The molecule has 0 unspecified atom stereocenters. The zero-order chi connectivity index (χ0) is 10.1. The molecule has 1 aromatic heterocycles. The van der Waals surface area contributed by atoms with E-state index in [-0.39, 0.29) is 5.75 Å². The van der Waals surface area contributed by atoms with E-state index in [0.717, 1.165) is 0 Å². The predicted molar refractivity (Wildman–Crippen MR) is 45.1 cm³/mol. The summed E-state index contributed by atoms with van der Waals surface area (Å²) in [6, 6.07) is 4.59. The Morgan fingerprint density at radius 3 is 2.93 bits per heavy atom. The molecule has 0 radical (unpaired) electrons. The molecule has 6 heteroatoms. The topological polar surface area (TPSA) is 81.4 Å². The maximum Gasteiger partial charge on any atom is 0.192 e. The Bertz CT molecular complexity index is 454. The first-order valence-electron chi connectivity index (χ1n) is 4.00. The van der Waals surface area contributed by atoms with Gasteiger partial charge in [0.1, 0.15) is 12.8 Å². The number of benzene rings is 1. The van der Waals surface area contributed by atoms with Gasteiger partial charge in [-0.1, -0.05) is 0 Å². The molecule has 0 saturated heterocycles. The largest absolute Gasteiger partial charge is 0.860 e. The van der Waals surface area contributed by atoms with Crippen molar-refractivity contribution < 1.29 is 19.1 Å². The third-order valence-electron chi connectivity index (χ3n) is 1.70. The summed E-state index contributed by atoms with van der Waals surface area (Å²) in [5, 5.41) is 20.4. The predicted octanol–water partition coefficient (Wildman–Crippen LogP) is -0.779. The number of aromatic nitrogens is 1. The molecule has 1 heterocycles. The molecular formula is C8H6BNO4-2. The van der Waals surface area contributed by atoms with Crippen molar-refractivity contribution in [1.29, 1.82) is 0 Å². The van der Waals surface area contributed by atoms with Crippen LogP contribution in [0, 0.1) is 6.92 Å². The van der Waals surface area contributed by atoms with E-state index in [0.29, 0.717) is 17.0 Å². The highest BCUT2D eigenvalue weighted by atomic mass is 16.6. The first-order chi connectivity index (χ1) is 6.65. The number of oxazole rings is 1. The number of hydrogen-bond donors (Lipinski definition) is 0. The number of rotatable bonds is 2. The van der Waals surface area contributed by atoms with E-state index in [1.807, 2.05) is 0 Å². The van der Waals surface area contributed by atoms with E-state index in [4.69, 9.17) is 4.42 Å². The minimum atomic E-state index is -2.32. The Morgan fingerprint density at radius 2 is 2.21 bits per heavy atom. The lowest BCUT2D eigenvalue weighted by atomic mass is 10.2. The molecule has 0 fully saturated rings. The van der Waals surface area contributed by atoms with Crippen LogP contribution >= 0.6 is 0 Å². The van der Waals surface area contributed by atoms with Gasteiger partial charge >= 0.3 is 0 Å². The SMILES string of the molecule is Cc1nc2cc(OB([O-])[O-])ccc2o1. The highest BCUT2D eigenvalue weighted by molar-refractivity contribution is 6.29. The Labute approximate surface area is 80.1 Å². The van der Waals surface area contributed by atoms with E-state index in [1.54, 1.807) is 13.0 Å². The van der Waals surface area contributed by atoms with E-state index >= 15 is 0 Å². The summed E-state index contributed by atoms with van der Waals surface area (Å²) >= 11 is 0. The molecular weight excluding hydrogens is 185 g/mol. The Balaban J connectivity index is 2.40. The fourth-order valence-electron chi connectivity index (χ4n) is 1.21. The molecule has 0 atom stereocenters. The van der Waals surface area contributed by atoms with E-state index in [2.05, 4.69) is 9.64 Å². The van der Waals surface area contributed by atoms with Crippen LogP contribution in [0.5, 0.6) is 5.75 Å². The molecule has 1 aromatic carbocycles. The van der Waals surface area contributed by atoms with E-state index in [9.17, 15) is 10.0 Å². The lowest BCUT2D eigenvalue weighted by Gasteiger charge is -2.26. The van der Waals surface area contributed by atoms with Gasteiger partial charge in [0, 0.05) is 13.0 Å². The minimum Gasteiger partial charge on any atom is -0.860 e. The second-order valence-corrected chi connectivity index (χ2v) is 2.77. The Kier molecular flexibility index (Phi) is 2.15. The maximum absolute atomic E-state index is 10.2. The zero-order valence-electron chi connectivity index (χ0n) is 7.39. The molecule has 2 rings (SSSR count). The van der Waals surface area contributed by atoms with Crippen LogP contribution in [-0.2, 0) is 0 Å². The molecule has 2 aromatic rings. The van der Waals surface area contributed by atoms with Gasteiger partial charge in [-0.15, -0.1) is 0 Å². The Hall–Kier alpha value is -1.53. The number of hydrogen-bond acceptors (Lipinski definition) is 5. The van der Waals surface area contributed by atoms with Crippen LogP contribution in [0.4, 0.5) is 0 Å². The van der Waals surface area contributed by atoms with Crippen molar-refractivity contribution in [1.82, 2.24) is 4.98 Å². The maximum atomic E-state index is 10.2. The average Bonchev–Trinajstić information content (AvgIpc) is 2.42. The van der Waals surface area contributed by atoms with Gasteiger partial charge in [-0.3, -0.25) is 0 Å². The molecule has 0 amide bonds. The lowest BCUT2D eigenvalue weighted by molar-refractivity contribution is -0.372. The highest BCUT2D eigenvalue weighted by Crippen LogP contribution is 2.20. The molecule has 72 valence electrons. The lowest BCUT2D eigenvalue weighted by Crippen LogP contribution is -2.50. The Morgan fingerprint density at radius 1 is 1.43 bits per heavy atom. The molecule has 0 spiro atoms. The monoisotopic (exact) mass is 191 g/mol. The first kappa shape index (κ1) is 9.05. The van der Waals surface area contributed by atoms with E-state index in [1.165, 1.54) is 12.1 Å². The molecule has 14 heavy (non-hydrogen) atoms. The summed E-state index contributed by atoms with van der Waals surface area (Å²) in [7, 11) is -2.32. The molecule has 0 aliphatic carbocycles. The third kappa shape index (κ3) is 1.71. The van der Waals surface area contributed by atoms with Gasteiger partial charge in [0.25, 0.3) is 0 Å². The van der Waals surface area contributed by atoms with Crippen molar-refractivity contribution in [3.8, 4) is 5.75 Å². The van der Waals surface area contributed by atoms with Crippen LogP contribution in [0.25, 0.3) is 11.1 Å². The van der Waals surface area contributed by atoms with Crippen molar-refractivity contribution in [3.05, 3.63) is 24.1 Å². The fraction of sp³-hybridized carbons (Fsp3) is 0.125. The number of fused-ring (bicyclic) bond motifs is 1. The van der Waals surface area contributed by atoms with Gasteiger partial charge in [-0.25, -0.2) is 4.98 Å². The number of nitrogens with zero attached hydrogens (tertiary/aromatic N) is 1. The molecule has 0 aliphatic rings. The summed E-state index contributed by atoms with van der Waals surface area (Å²) in [5.41, 5.74) is 1.17. The number of aryl methyl sites for hydroxylation is 1. The van der Waals surface area contributed by atoms with Crippen molar-refractivity contribution in [2.24, 2.45) is 0 Å². The van der Waals surface area contributed by atoms with Gasteiger partial charge in [0.05, 0.1) is 5.75 Å². The summed E-state index contributed by atoms with van der Waals surface area (Å²) in [6.07, 6.45) is 0. The zero-order valence-corrected chi connectivity index (χ0v) is 7.39. The van der Waals surface area contributed by atoms with Crippen LogP contribution in [0.2, 0.25) is 0 Å². The van der Waals surface area contributed by atoms with Crippen molar-refractivity contribution in [2.75, 3.05) is 0 Å². The first-order valence-corrected chi connectivity index (χ1v) is 4.00. The van der Waals surface area contributed by atoms with Crippen molar-refractivity contribution in [3.63, 3.8) is 0 Å².